The molecule has 0 spiro atoms. The van der Waals surface area contributed by atoms with Crippen LogP contribution in [0.5, 0.6) is 0 Å². The van der Waals surface area contributed by atoms with E-state index in [1.807, 2.05) is 7.05 Å². The van der Waals surface area contributed by atoms with Gasteiger partial charge in [0.05, 0.1) is 18.8 Å². The van der Waals surface area contributed by atoms with E-state index in [1.165, 1.54) is 6.42 Å². The molecular weight excluding hydrogens is 178 g/mol. The molecule has 2 unspecified atom stereocenters. The maximum absolute atomic E-state index is 5.68. The first kappa shape index (κ1) is 9.99. The fraction of sp³-hybridized carbons (Fsp3) is 0.818. The van der Waals surface area contributed by atoms with Crippen LogP contribution in [-0.2, 0) is 9.47 Å². The number of hydrogen-bond donors (Lipinski definition) is 1. The minimum atomic E-state index is 0.262. The number of hydrogen-bond acceptors (Lipinski definition) is 3. The van der Waals surface area contributed by atoms with Crippen LogP contribution >= 0.6 is 0 Å². The van der Waals surface area contributed by atoms with Gasteiger partial charge >= 0.3 is 0 Å². The van der Waals surface area contributed by atoms with E-state index in [4.69, 9.17) is 9.47 Å². The van der Waals surface area contributed by atoms with Gasteiger partial charge in [0, 0.05) is 6.61 Å². The van der Waals surface area contributed by atoms with Crippen molar-refractivity contribution in [3.63, 3.8) is 0 Å². The predicted octanol–water partition coefficient (Wildman–Crippen LogP) is 1.45. The normalized spacial score (nSPS) is 29.5. The first-order valence-electron chi connectivity index (χ1n) is 5.53. The summed E-state index contributed by atoms with van der Waals surface area (Å²) in [5, 5.41) is 3.30. The second kappa shape index (κ2) is 4.80. The lowest BCUT2D eigenvalue weighted by atomic mass is 10.0. The lowest BCUT2D eigenvalue weighted by Crippen LogP contribution is -2.40. The zero-order chi connectivity index (χ0) is 9.80. The molecule has 0 radical (unpaired) electrons. The van der Waals surface area contributed by atoms with Crippen molar-refractivity contribution >= 4 is 0 Å². The molecule has 2 atom stereocenters. The van der Waals surface area contributed by atoms with Crippen LogP contribution in [0.4, 0.5) is 0 Å². The standard InChI is InChI=1S/C11H19NO2/c1-12-11(10-6-4-8-14-10)9-5-2-3-7-13-9/h5,10-12H,2-4,6-8H2,1H3. The van der Waals surface area contributed by atoms with Gasteiger partial charge in [-0.05, 0) is 38.8 Å². The molecule has 0 amide bonds. The van der Waals surface area contributed by atoms with Crippen molar-refractivity contribution in [2.24, 2.45) is 0 Å². The maximum Gasteiger partial charge on any atom is 0.112 e. The quantitative estimate of drug-likeness (QED) is 0.742. The third kappa shape index (κ3) is 2.10. The van der Waals surface area contributed by atoms with E-state index in [1.54, 1.807) is 0 Å². The van der Waals surface area contributed by atoms with E-state index in [0.29, 0.717) is 6.10 Å². The van der Waals surface area contributed by atoms with E-state index in [0.717, 1.165) is 38.2 Å². The summed E-state index contributed by atoms with van der Waals surface area (Å²) in [7, 11) is 1.98. The monoisotopic (exact) mass is 197 g/mol. The summed E-state index contributed by atoms with van der Waals surface area (Å²) in [6.07, 6.45) is 7.12. The molecule has 1 saturated heterocycles. The van der Waals surface area contributed by atoms with Gasteiger partial charge in [-0.1, -0.05) is 0 Å². The molecule has 0 aromatic heterocycles. The third-order valence-electron chi connectivity index (χ3n) is 2.92. The fourth-order valence-corrected chi connectivity index (χ4v) is 2.17. The van der Waals surface area contributed by atoms with E-state index in [2.05, 4.69) is 11.4 Å². The molecule has 3 nitrogen and oxygen atoms in total. The molecule has 2 heterocycles. The van der Waals surface area contributed by atoms with E-state index in [-0.39, 0.29) is 6.04 Å². The van der Waals surface area contributed by atoms with Gasteiger partial charge in [0.2, 0.25) is 0 Å². The number of ether oxygens (including phenoxy) is 2. The van der Waals surface area contributed by atoms with Crippen molar-refractivity contribution in [3.05, 3.63) is 11.8 Å². The van der Waals surface area contributed by atoms with E-state index < -0.39 is 0 Å². The number of likely N-dealkylation sites (N-methyl/N-ethyl adjacent to an activating group) is 1. The molecule has 14 heavy (non-hydrogen) atoms. The average Bonchev–Trinajstić information content (AvgIpc) is 2.74. The zero-order valence-electron chi connectivity index (χ0n) is 8.79. The van der Waals surface area contributed by atoms with Gasteiger partial charge in [0.15, 0.2) is 0 Å². The number of rotatable bonds is 3. The van der Waals surface area contributed by atoms with Crippen molar-refractivity contribution in [2.45, 2.75) is 37.8 Å². The van der Waals surface area contributed by atoms with Crippen LogP contribution in [0.2, 0.25) is 0 Å². The Morgan fingerprint density at radius 1 is 1.43 bits per heavy atom. The van der Waals surface area contributed by atoms with Gasteiger partial charge in [-0.15, -0.1) is 0 Å². The summed E-state index contributed by atoms with van der Waals surface area (Å²) < 4.78 is 11.3. The first-order valence-corrected chi connectivity index (χ1v) is 5.53. The molecule has 0 bridgehead atoms. The minimum absolute atomic E-state index is 0.262. The zero-order valence-corrected chi connectivity index (χ0v) is 8.79. The van der Waals surface area contributed by atoms with Crippen LogP contribution in [0, 0.1) is 0 Å². The van der Waals surface area contributed by atoms with Crippen molar-refractivity contribution in [1.82, 2.24) is 5.32 Å². The summed E-state index contributed by atoms with van der Waals surface area (Å²) in [5.74, 6) is 1.09. The topological polar surface area (TPSA) is 30.5 Å². The van der Waals surface area contributed by atoms with E-state index in [9.17, 15) is 0 Å². The van der Waals surface area contributed by atoms with Crippen molar-refractivity contribution in [1.29, 1.82) is 0 Å². The van der Waals surface area contributed by atoms with Crippen LogP contribution in [0.15, 0.2) is 11.8 Å². The SMILES string of the molecule is CNC(C1=CCCCO1)C1CCCO1. The molecule has 2 aliphatic rings. The van der Waals surface area contributed by atoms with E-state index >= 15 is 0 Å². The van der Waals surface area contributed by atoms with Gasteiger partial charge in [-0.25, -0.2) is 0 Å². The fourth-order valence-electron chi connectivity index (χ4n) is 2.17. The van der Waals surface area contributed by atoms with Gasteiger partial charge in [-0.2, -0.15) is 0 Å². The number of nitrogens with one attached hydrogen (secondary N) is 1. The van der Waals surface area contributed by atoms with Crippen molar-refractivity contribution in [2.75, 3.05) is 20.3 Å². The van der Waals surface area contributed by atoms with Crippen LogP contribution < -0.4 is 5.32 Å². The second-order valence-corrected chi connectivity index (χ2v) is 3.92. The Hall–Kier alpha value is -0.540. The van der Waals surface area contributed by atoms with Crippen LogP contribution in [-0.4, -0.2) is 32.4 Å². The van der Waals surface area contributed by atoms with Gasteiger partial charge in [0.1, 0.15) is 5.76 Å². The molecule has 0 aromatic rings. The molecule has 2 rings (SSSR count). The molecule has 1 fully saturated rings. The Labute approximate surface area is 85.5 Å². The Bertz CT molecular complexity index is 209. The molecular formula is C11H19NO2. The highest BCUT2D eigenvalue weighted by Gasteiger charge is 2.29. The van der Waals surface area contributed by atoms with Gasteiger partial charge < -0.3 is 14.8 Å². The Morgan fingerprint density at radius 2 is 2.36 bits per heavy atom. The smallest absolute Gasteiger partial charge is 0.112 e. The van der Waals surface area contributed by atoms with Crippen molar-refractivity contribution < 1.29 is 9.47 Å². The van der Waals surface area contributed by atoms with Crippen LogP contribution in [0.25, 0.3) is 0 Å². The molecule has 3 heteroatoms. The highest BCUT2D eigenvalue weighted by atomic mass is 16.5. The largest absolute Gasteiger partial charge is 0.496 e. The minimum Gasteiger partial charge on any atom is -0.496 e. The van der Waals surface area contributed by atoms with Crippen molar-refractivity contribution in [3.8, 4) is 0 Å². The highest BCUT2D eigenvalue weighted by molar-refractivity contribution is 5.08. The van der Waals surface area contributed by atoms with Crippen LogP contribution in [0.1, 0.15) is 25.7 Å². The molecule has 1 N–H and O–H groups in total. The highest BCUT2D eigenvalue weighted by Crippen LogP contribution is 2.23. The third-order valence-corrected chi connectivity index (χ3v) is 2.92. The first-order chi connectivity index (χ1) is 6.92. The summed E-state index contributed by atoms with van der Waals surface area (Å²) in [6, 6.07) is 0.262. The predicted molar refractivity (Wildman–Crippen MR) is 55.1 cm³/mol. The average molecular weight is 197 g/mol. The molecule has 0 saturated carbocycles. The Morgan fingerprint density at radius 3 is 2.93 bits per heavy atom. The summed E-state index contributed by atoms with van der Waals surface area (Å²) in [6.45, 7) is 1.76. The maximum atomic E-state index is 5.68. The molecule has 0 aliphatic carbocycles. The Balaban J connectivity index is 1.99. The lowest BCUT2D eigenvalue weighted by molar-refractivity contribution is 0.0614. The molecule has 0 aromatic carbocycles. The number of allylic oxidation sites excluding steroid dienone is 1. The van der Waals surface area contributed by atoms with Gasteiger partial charge in [-0.3, -0.25) is 0 Å². The summed E-state index contributed by atoms with van der Waals surface area (Å²) >= 11 is 0. The molecule has 2 aliphatic heterocycles. The molecule has 80 valence electrons. The summed E-state index contributed by atoms with van der Waals surface area (Å²) in [5.41, 5.74) is 0. The Kier molecular flexibility index (Phi) is 3.43. The lowest BCUT2D eigenvalue weighted by Gasteiger charge is -2.27. The van der Waals surface area contributed by atoms with Crippen LogP contribution in [0.3, 0.4) is 0 Å². The summed E-state index contributed by atoms with van der Waals surface area (Å²) in [4.78, 5) is 0. The van der Waals surface area contributed by atoms with Gasteiger partial charge in [0.25, 0.3) is 0 Å². The second-order valence-electron chi connectivity index (χ2n) is 3.92.